The van der Waals surface area contributed by atoms with Crippen LogP contribution in [0.15, 0.2) is 36.4 Å². The van der Waals surface area contributed by atoms with Crippen LogP contribution < -0.4 is 9.47 Å². The van der Waals surface area contributed by atoms with Crippen molar-refractivity contribution in [2.24, 2.45) is 0 Å². The van der Waals surface area contributed by atoms with Crippen molar-refractivity contribution in [3.8, 4) is 23.0 Å². The highest BCUT2D eigenvalue weighted by atomic mass is 16.5. The Labute approximate surface area is 122 Å². The molecule has 0 aromatic heterocycles. The second kappa shape index (κ2) is 6.17. The lowest BCUT2D eigenvalue weighted by Gasteiger charge is -2.10. The van der Waals surface area contributed by atoms with Gasteiger partial charge in [0.25, 0.3) is 0 Å². The van der Waals surface area contributed by atoms with Crippen molar-refractivity contribution in [1.82, 2.24) is 0 Å². The Morgan fingerprint density at radius 2 is 1.71 bits per heavy atom. The van der Waals surface area contributed by atoms with E-state index in [1.807, 2.05) is 0 Å². The number of phenolic OH excluding ortho intramolecular Hbond substituents is 2. The van der Waals surface area contributed by atoms with Gasteiger partial charge in [-0.2, -0.15) is 0 Å². The van der Waals surface area contributed by atoms with Crippen molar-refractivity contribution >= 4 is 5.78 Å². The van der Waals surface area contributed by atoms with Crippen LogP contribution in [0.3, 0.4) is 0 Å². The number of hydrogen-bond donors (Lipinski definition) is 2. The summed E-state index contributed by atoms with van der Waals surface area (Å²) in [4.78, 5) is 12.3. The average Bonchev–Trinajstić information content (AvgIpc) is 2.46. The molecule has 0 heterocycles. The summed E-state index contributed by atoms with van der Waals surface area (Å²) >= 11 is 0. The molecule has 0 unspecified atom stereocenters. The number of benzene rings is 2. The molecule has 110 valence electrons. The minimum Gasteiger partial charge on any atom is -0.508 e. The van der Waals surface area contributed by atoms with Crippen LogP contribution in [0.1, 0.15) is 15.9 Å². The van der Waals surface area contributed by atoms with E-state index in [-0.39, 0.29) is 35.0 Å². The Morgan fingerprint density at radius 3 is 2.29 bits per heavy atom. The molecule has 0 saturated carbocycles. The fourth-order valence-corrected chi connectivity index (χ4v) is 2.05. The molecule has 0 fully saturated rings. The lowest BCUT2D eigenvalue weighted by Crippen LogP contribution is -2.06. The molecule has 2 aromatic carbocycles. The molecule has 21 heavy (non-hydrogen) atoms. The van der Waals surface area contributed by atoms with Crippen LogP contribution in [0.2, 0.25) is 0 Å². The summed E-state index contributed by atoms with van der Waals surface area (Å²) in [5.74, 6) is 0.0903. The summed E-state index contributed by atoms with van der Waals surface area (Å²) in [6.07, 6.45) is 0.110. The van der Waals surface area contributed by atoms with Gasteiger partial charge in [-0.25, -0.2) is 0 Å². The van der Waals surface area contributed by atoms with Gasteiger partial charge in [-0.3, -0.25) is 4.79 Å². The molecule has 0 spiro atoms. The zero-order chi connectivity index (χ0) is 15.4. The van der Waals surface area contributed by atoms with Crippen LogP contribution in [-0.2, 0) is 6.42 Å². The second-order valence-electron chi connectivity index (χ2n) is 4.49. The van der Waals surface area contributed by atoms with E-state index in [1.165, 1.54) is 13.2 Å². The second-order valence-corrected chi connectivity index (χ2v) is 4.49. The van der Waals surface area contributed by atoms with Crippen LogP contribution in [0.4, 0.5) is 0 Å². The molecule has 5 nitrogen and oxygen atoms in total. The number of phenols is 2. The lowest BCUT2D eigenvalue weighted by atomic mass is 10.0. The molecule has 0 bridgehead atoms. The third-order valence-corrected chi connectivity index (χ3v) is 3.09. The minimum atomic E-state index is -0.301. The number of ketones is 1. The predicted octanol–water partition coefficient (Wildman–Crippen LogP) is 2.54. The zero-order valence-corrected chi connectivity index (χ0v) is 11.8. The number of Topliss-reactive ketones (excluding diaryl/α,β-unsaturated/α-hetero) is 1. The fraction of sp³-hybridized carbons (Fsp3) is 0.188. The minimum absolute atomic E-state index is 0.0612. The highest BCUT2D eigenvalue weighted by Crippen LogP contribution is 2.33. The Bertz CT molecular complexity index is 646. The van der Waals surface area contributed by atoms with Gasteiger partial charge in [0.05, 0.1) is 14.2 Å². The van der Waals surface area contributed by atoms with Gasteiger partial charge in [0, 0.05) is 18.6 Å². The van der Waals surface area contributed by atoms with E-state index in [2.05, 4.69) is 0 Å². The van der Waals surface area contributed by atoms with Gasteiger partial charge < -0.3 is 19.7 Å². The van der Waals surface area contributed by atoms with Crippen LogP contribution in [-0.4, -0.2) is 30.2 Å². The van der Waals surface area contributed by atoms with Gasteiger partial charge in [-0.1, -0.05) is 12.1 Å². The number of carbonyl (C=O) groups excluding carboxylic acids is 1. The van der Waals surface area contributed by atoms with Crippen molar-refractivity contribution in [2.75, 3.05) is 14.2 Å². The number of rotatable bonds is 5. The van der Waals surface area contributed by atoms with Crippen molar-refractivity contribution in [2.45, 2.75) is 6.42 Å². The van der Waals surface area contributed by atoms with E-state index in [1.54, 1.807) is 31.4 Å². The van der Waals surface area contributed by atoms with E-state index in [0.717, 1.165) is 11.6 Å². The first-order valence-corrected chi connectivity index (χ1v) is 6.31. The topological polar surface area (TPSA) is 76.0 Å². The molecule has 0 aliphatic rings. The first-order chi connectivity index (χ1) is 10.0. The maximum absolute atomic E-state index is 12.3. The number of hydrogen-bond acceptors (Lipinski definition) is 5. The summed E-state index contributed by atoms with van der Waals surface area (Å²) in [5.41, 5.74) is 0.849. The Morgan fingerprint density at radius 1 is 1.05 bits per heavy atom. The maximum atomic E-state index is 12.3. The van der Waals surface area contributed by atoms with Crippen LogP contribution in [0.25, 0.3) is 0 Å². The maximum Gasteiger partial charge on any atom is 0.174 e. The van der Waals surface area contributed by atoms with Gasteiger partial charge in [0.1, 0.15) is 28.6 Å². The predicted molar refractivity (Wildman–Crippen MR) is 77.4 cm³/mol. The van der Waals surface area contributed by atoms with Gasteiger partial charge in [-0.15, -0.1) is 0 Å². The molecule has 0 aliphatic heterocycles. The largest absolute Gasteiger partial charge is 0.508 e. The van der Waals surface area contributed by atoms with E-state index in [0.29, 0.717) is 5.75 Å². The Hall–Kier alpha value is -2.69. The normalized spacial score (nSPS) is 10.2. The number of ether oxygens (including phenoxy) is 2. The van der Waals surface area contributed by atoms with E-state index >= 15 is 0 Å². The van der Waals surface area contributed by atoms with Crippen molar-refractivity contribution in [3.05, 3.63) is 47.5 Å². The van der Waals surface area contributed by atoms with Gasteiger partial charge in [-0.05, 0) is 17.7 Å². The smallest absolute Gasteiger partial charge is 0.174 e. The number of carbonyl (C=O) groups is 1. The molecular formula is C16H16O5. The molecule has 2 aromatic rings. The van der Waals surface area contributed by atoms with Crippen molar-refractivity contribution in [1.29, 1.82) is 0 Å². The summed E-state index contributed by atoms with van der Waals surface area (Å²) < 4.78 is 10.1. The first-order valence-electron chi connectivity index (χ1n) is 6.31. The third-order valence-electron chi connectivity index (χ3n) is 3.09. The first kappa shape index (κ1) is 14.7. The SMILES string of the molecule is COc1ccc(CC(=O)c2c(O)cc(O)cc2OC)cc1. The van der Waals surface area contributed by atoms with E-state index < -0.39 is 0 Å². The molecule has 2 N–H and O–H groups in total. The fourth-order valence-electron chi connectivity index (χ4n) is 2.05. The average molecular weight is 288 g/mol. The molecule has 0 atom stereocenters. The van der Waals surface area contributed by atoms with E-state index in [9.17, 15) is 15.0 Å². The summed E-state index contributed by atoms with van der Waals surface area (Å²) in [6.45, 7) is 0. The van der Waals surface area contributed by atoms with Gasteiger partial charge >= 0.3 is 0 Å². The third kappa shape index (κ3) is 3.25. The van der Waals surface area contributed by atoms with E-state index in [4.69, 9.17) is 9.47 Å². The van der Waals surface area contributed by atoms with Crippen molar-refractivity contribution in [3.63, 3.8) is 0 Å². The highest BCUT2D eigenvalue weighted by molar-refractivity contribution is 6.02. The number of aromatic hydroxyl groups is 2. The Balaban J connectivity index is 2.27. The number of methoxy groups -OCH3 is 2. The standard InChI is InChI=1S/C16H16O5/c1-20-12-5-3-10(4-6-12)7-13(18)16-14(19)8-11(17)9-15(16)21-2/h3-6,8-9,17,19H,7H2,1-2H3. The molecular weight excluding hydrogens is 272 g/mol. The summed E-state index contributed by atoms with van der Waals surface area (Å²) in [7, 11) is 2.94. The molecule has 0 saturated heterocycles. The molecule has 0 amide bonds. The van der Waals surface area contributed by atoms with Gasteiger partial charge in [0.15, 0.2) is 5.78 Å². The summed E-state index contributed by atoms with van der Waals surface area (Å²) in [5, 5.41) is 19.3. The van der Waals surface area contributed by atoms with Crippen LogP contribution in [0, 0.1) is 0 Å². The molecule has 0 radical (unpaired) electrons. The van der Waals surface area contributed by atoms with Crippen LogP contribution in [0.5, 0.6) is 23.0 Å². The lowest BCUT2D eigenvalue weighted by molar-refractivity contribution is 0.0987. The Kier molecular flexibility index (Phi) is 4.33. The molecule has 2 rings (SSSR count). The zero-order valence-electron chi connectivity index (χ0n) is 11.8. The highest BCUT2D eigenvalue weighted by Gasteiger charge is 2.19. The van der Waals surface area contributed by atoms with Crippen LogP contribution >= 0.6 is 0 Å². The van der Waals surface area contributed by atoms with Gasteiger partial charge in [0.2, 0.25) is 0 Å². The monoisotopic (exact) mass is 288 g/mol. The molecule has 5 heteroatoms. The van der Waals surface area contributed by atoms with Crippen molar-refractivity contribution < 1.29 is 24.5 Å². The quantitative estimate of drug-likeness (QED) is 0.827. The molecule has 0 aliphatic carbocycles. The summed E-state index contributed by atoms with van der Waals surface area (Å²) in [6, 6.07) is 9.49.